The van der Waals surface area contributed by atoms with Crippen molar-refractivity contribution in [2.75, 3.05) is 6.61 Å². The van der Waals surface area contributed by atoms with Gasteiger partial charge in [-0.2, -0.15) is 0 Å². The van der Waals surface area contributed by atoms with Crippen LogP contribution in [0.15, 0.2) is 55.1 Å². The van der Waals surface area contributed by atoms with E-state index in [1.807, 2.05) is 6.07 Å². The average Bonchev–Trinajstić information content (AvgIpc) is 2.90. The van der Waals surface area contributed by atoms with Crippen molar-refractivity contribution in [3.8, 4) is 0 Å². The molecule has 3 aromatic rings. The molecule has 1 aromatic heterocycles. The van der Waals surface area contributed by atoms with Crippen LogP contribution < -0.4 is 0 Å². The fourth-order valence-electron chi connectivity index (χ4n) is 2.64. The molecule has 0 spiro atoms. The fourth-order valence-corrected chi connectivity index (χ4v) is 2.64. The Morgan fingerprint density at radius 3 is 2.81 bits per heavy atom. The largest absolute Gasteiger partial charge is 0.463 e. The molecule has 0 saturated heterocycles. The van der Waals surface area contributed by atoms with Crippen LogP contribution in [0.3, 0.4) is 0 Å². The lowest BCUT2D eigenvalue weighted by molar-refractivity contribution is -0.137. The van der Waals surface area contributed by atoms with Crippen molar-refractivity contribution in [3.05, 3.63) is 60.7 Å². The third kappa shape index (κ3) is 2.68. The van der Waals surface area contributed by atoms with Crippen LogP contribution in [0.5, 0.6) is 0 Å². The van der Waals surface area contributed by atoms with Gasteiger partial charge in [0.2, 0.25) is 0 Å². The number of benzene rings is 2. The van der Waals surface area contributed by atoms with Crippen LogP contribution in [-0.4, -0.2) is 17.6 Å². The molecule has 106 valence electrons. The maximum Gasteiger partial charge on any atom is 0.330 e. The number of aryl methyl sites for hydroxylation is 1. The number of nitrogens with one attached hydrogen (secondary N) is 1. The minimum Gasteiger partial charge on any atom is -0.463 e. The van der Waals surface area contributed by atoms with Gasteiger partial charge >= 0.3 is 5.97 Å². The minimum absolute atomic E-state index is 0.362. The van der Waals surface area contributed by atoms with Crippen molar-refractivity contribution in [2.45, 2.75) is 12.8 Å². The van der Waals surface area contributed by atoms with E-state index in [1.54, 1.807) is 0 Å². The van der Waals surface area contributed by atoms with Crippen LogP contribution in [-0.2, 0) is 16.0 Å². The number of aromatic amines is 1. The number of fused-ring (bicyclic) bond motifs is 3. The molecule has 0 bridgehead atoms. The summed E-state index contributed by atoms with van der Waals surface area (Å²) in [7, 11) is 0. The van der Waals surface area contributed by atoms with Crippen molar-refractivity contribution in [1.29, 1.82) is 0 Å². The van der Waals surface area contributed by atoms with E-state index < -0.39 is 0 Å². The van der Waals surface area contributed by atoms with E-state index in [-0.39, 0.29) is 5.97 Å². The number of esters is 1. The highest BCUT2D eigenvalue weighted by molar-refractivity contribution is 6.08. The van der Waals surface area contributed by atoms with Gasteiger partial charge in [0, 0.05) is 27.9 Å². The summed E-state index contributed by atoms with van der Waals surface area (Å²) in [6.45, 7) is 3.80. The number of para-hydroxylation sites is 2. The van der Waals surface area contributed by atoms with E-state index >= 15 is 0 Å². The molecule has 0 amide bonds. The Hall–Kier alpha value is -2.55. The molecule has 0 aliphatic rings. The van der Waals surface area contributed by atoms with E-state index in [1.165, 1.54) is 27.9 Å². The zero-order valence-corrected chi connectivity index (χ0v) is 11.8. The first-order chi connectivity index (χ1) is 10.3. The lowest BCUT2D eigenvalue weighted by atomic mass is 10.1. The Balaban J connectivity index is 1.82. The van der Waals surface area contributed by atoms with E-state index in [9.17, 15) is 4.79 Å². The van der Waals surface area contributed by atoms with Gasteiger partial charge in [-0.1, -0.05) is 43.0 Å². The summed E-state index contributed by atoms with van der Waals surface area (Å²) >= 11 is 0. The number of H-pyrrole nitrogens is 1. The number of carbonyl (C=O) groups excluding carboxylic acids is 1. The second-order valence-electron chi connectivity index (χ2n) is 4.99. The third-order valence-corrected chi connectivity index (χ3v) is 3.63. The first-order valence-electron chi connectivity index (χ1n) is 7.07. The van der Waals surface area contributed by atoms with Crippen LogP contribution in [0.25, 0.3) is 21.8 Å². The van der Waals surface area contributed by atoms with Crippen LogP contribution in [0.2, 0.25) is 0 Å². The Morgan fingerprint density at radius 1 is 1.14 bits per heavy atom. The van der Waals surface area contributed by atoms with Gasteiger partial charge in [-0.25, -0.2) is 4.79 Å². The highest BCUT2D eigenvalue weighted by atomic mass is 16.5. The van der Waals surface area contributed by atoms with Crippen LogP contribution in [0, 0.1) is 0 Å². The topological polar surface area (TPSA) is 42.1 Å². The first kappa shape index (κ1) is 13.4. The molecule has 2 aromatic carbocycles. The van der Waals surface area contributed by atoms with Crippen molar-refractivity contribution in [1.82, 2.24) is 4.98 Å². The SMILES string of the molecule is C=CC(=O)OCCCc1cccc2c1[nH]c1ccccc12. The molecular weight excluding hydrogens is 262 g/mol. The molecule has 3 rings (SSSR count). The van der Waals surface area contributed by atoms with Crippen LogP contribution in [0.4, 0.5) is 0 Å². The molecule has 0 saturated carbocycles. The number of carbonyl (C=O) groups is 1. The summed E-state index contributed by atoms with van der Waals surface area (Å²) in [5.41, 5.74) is 3.57. The lowest BCUT2D eigenvalue weighted by Gasteiger charge is -2.04. The van der Waals surface area contributed by atoms with Crippen LogP contribution >= 0.6 is 0 Å². The molecule has 0 aliphatic carbocycles. The normalized spacial score (nSPS) is 10.9. The fraction of sp³-hybridized carbons (Fsp3) is 0.167. The van der Waals surface area contributed by atoms with Gasteiger partial charge in [0.15, 0.2) is 0 Å². The van der Waals surface area contributed by atoms with Gasteiger partial charge in [0.1, 0.15) is 0 Å². The van der Waals surface area contributed by atoms with Crippen LogP contribution in [0.1, 0.15) is 12.0 Å². The van der Waals surface area contributed by atoms with Gasteiger partial charge in [-0.05, 0) is 24.5 Å². The minimum atomic E-state index is -0.362. The standard InChI is InChI=1S/C18H17NO2/c1-2-17(20)21-12-6-8-13-7-5-10-15-14-9-3-4-11-16(14)19-18(13)15/h2-5,7,9-11,19H,1,6,8,12H2. The molecule has 0 unspecified atom stereocenters. The number of aromatic nitrogens is 1. The van der Waals surface area contributed by atoms with Gasteiger partial charge in [0.05, 0.1) is 6.61 Å². The molecule has 0 fully saturated rings. The second-order valence-corrected chi connectivity index (χ2v) is 4.99. The average molecular weight is 279 g/mol. The Bertz CT molecular complexity index is 801. The van der Waals surface area contributed by atoms with Crippen molar-refractivity contribution in [2.24, 2.45) is 0 Å². The highest BCUT2D eigenvalue weighted by Crippen LogP contribution is 2.27. The predicted octanol–water partition coefficient (Wildman–Crippen LogP) is 3.98. The quantitative estimate of drug-likeness (QED) is 0.436. The molecule has 0 atom stereocenters. The zero-order chi connectivity index (χ0) is 14.7. The summed E-state index contributed by atoms with van der Waals surface area (Å²) in [4.78, 5) is 14.5. The van der Waals surface area contributed by atoms with Gasteiger partial charge < -0.3 is 9.72 Å². The molecule has 1 heterocycles. The lowest BCUT2D eigenvalue weighted by Crippen LogP contribution is -2.03. The van der Waals surface area contributed by atoms with Gasteiger partial charge in [0.25, 0.3) is 0 Å². The zero-order valence-electron chi connectivity index (χ0n) is 11.8. The predicted molar refractivity (Wildman–Crippen MR) is 85.3 cm³/mol. The van der Waals surface area contributed by atoms with Crippen molar-refractivity contribution in [3.63, 3.8) is 0 Å². The van der Waals surface area contributed by atoms with Gasteiger partial charge in [-0.15, -0.1) is 0 Å². The number of rotatable bonds is 5. The van der Waals surface area contributed by atoms with Crippen molar-refractivity contribution < 1.29 is 9.53 Å². The maximum atomic E-state index is 11.0. The summed E-state index contributed by atoms with van der Waals surface area (Å²) in [5, 5.41) is 2.48. The number of hydrogen-bond donors (Lipinski definition) is 1. The molecule has 3 heteroatoms. The van der Waals surface area contributed by atoms with Gasteiger partial charge in [-0.3, -0.25) is 0 Å². The smallest absolute Gasteiger partial charge is 0.330 e. The summed E-state index contributed by atoms with van der Waals surface area (Å²) in [5.74, 6) is -0.362. The van der Waals surface area contributed by atoms with E-state index in [4.69, 9.17) is 4.74 Å². The Kier molecular flexibility index (Phi) is 3.73. The molecule has 3 nitrogen and oxygen atoms in total. The van der Waals surface area contributed by atoms with E-state index in [0.717, 1.165) is 18.4 Å². The molecule has 1 N–H and O–H groups in total. The monoisotopic (exact) mass is 279 g/mol. The number of hydrogen-bond acceptors (Lipinski definition) is 2. The van der Waals surface area contributed by atoms with E-state index in [2.05, 4.69) is 48.0 Å². The maximum absolute atomic E-state index is 11.0. The molecule has 0 aliphatic heterocycles. The Morgan fingerprint density at radius 2 is 1.95 bits per heavy atom. The molecule has 0 radical (unpaired) electrons. The summed E-state index contributed by atoms with van der Waals surface area (Å²) in [6, 6.07) is 14.6. The third-order valence-electron chi connectivity index (χ3n) is 3.63. The highest BCUT2D eigenvalue weighted by Gasteiger charge is 2.07. The second kappa shape index (κ2) is 5.83. The summed E-state index contributed by atoms with van der Waals surface area (Å²) < 4.78 is 5.02. The van der Waals surface area contributed by atoms with Crippen molar-refractivity contribution >= 4 is 27.8 Å². The summed E-state index contributed by atoms with van der Waals surface area (Å²) in [6.07, 6.45) is 2.86. The molecule has 21 heavy (non-hydrogen) atoms. The number of ether oxygens (including phenoxy) is 1. The molecular formula is C18H17NO2. The van der Waals surface area contributed by atoms with E-state index in [0.29, 0.717) is 6.61 Å². The first-order valence-corrected chi connectivity index (χ1v) is 7.07. The Labute approximate surface area is 123 Å².